The zero-order chi connectivity index (χ0) is 16.0. The molecule has 1 rings (SSSR count). The third kappa shape index (κ3) is 5.78. The van der Waals surface area contributed by atoms with Gasteiger partial charge in [0, 0.05) is 5.56 Å². The summed E-state index contributed by atoms with van der Waals surface area (Å²) in [5.74, 6) is 6.83. The van der Waals surface area contributed by atoms with Crippen LogP contribution in [0.5, 0.6) is 5.75 Å². The summed E-state index contributed by atoms with van der Waals surface area (Å²) in [4.78, 5) is 11.5. The van der Waals surface area contributed by atoms with Crippen molar-refractivity contribution in [2.45, 2.75) is 40.2 Å². The lowest BCUT2D eigenvalue weighted by molar-refractivity contribution is 0.0535. The Morgan fingerprint density at radius 1 is 1.24 bits per heavy atom. The van der Waals surface area contributed by atoms with Crippen LogP contribution in [0.15, 0.2) is 12.1 Å². The van der Waals surface area contributed by atoms with Crippen LogP contribution < -0.4 is 10.1 Å². The molecule has 0 bridgehead atoms. The molecule has 4 heteroatoms. The first-order valence-electron chi connectivity index (χ1n) is 6.84. The maximum Gasteiger partial charge on any atom is 0.408 e. The molecule has 0 saturated heterocycles. The van der Waals surface area contributed by atoms with Crippen LogP contribution in [0.2, 0.25) is 0 Å². The molecule has 0 heterocycles. The Morgan fingerprint density at radius 2 is 1.81 bits per heavy atom. The van der Waals surface area contributed by atoms with E-state index in [-0.39, 0.29) is 6.54 Å². The molecule has 0 aromatic heterocycles. The summed E-state index contributed by atoms with van der Waals surface area (Å²) in [5.41, 5.74) is 2.57. The number of amides is 1. The van der Waals surface area contributed by atoms with Crippen LogP contribution in [-0.2, 0) is 4.74 Å². The molecule has 1 aromatic carbocycles. The maximum atomic E-state index is 11.5. The monoisotopic (exact) mass is 289 g/mol. The van der Waals surface area contributed by atoms with Crippen LogP contribution >= 0.6 is 0 Å². The highest BCUT2D eigenvalue weighted by Gasteiger charge is 2.15. The van der Waals surface area contributed by atoms with E-state index in [1.165, 1.54) is 0 Å². The van der Waals surface area contributed by atoms with Gasteiger partial charge in [0.15, 0.2) is 0 Å². The summed E-state index contributed by atoms with van der Waals surface area (Å²) in [7, 11) is 1.64. The number of carbonyl (C=O) groups is 1. The summed E-state index contributed by atoms with van der Waals surface area (Å²) in [5, 5.41) is 2.61. The van der Waals surface area contributed by atoms with Gasteiger partial charge in [0.05, 0.1) is 13.7 Å². The molecule has 1 N–H and O–H groups in total. The van der Waals surface area contributed by atoms with Gasteiger partial charge in [-0.3, -0.25) is 0 Å². The van der Waals surface area contributed by atoms with Crippen LogP contribution in [-0.4, -0.2) is 25.3 Å². The van der Waals surface area contributed by atoms with Crippen LogP contribution in [0.3, 0.4) is 0 Å². The average Bonchev–Trinajstić information content (AvgIpc) is 2.34. The summed E-state index contributed by atoms with van der Waals surface area (Å²) >= 11 is 0. The third-order valence-electron chi connectivity index (χ3n) is 2.68. The first-order chi connectivity index (χ1) is 9.73. The van der Waals surface area contributed by atoms with E-state index in [1.54, 1.807) is 7.11 Å². The van der Waals surface area contributed by atoms with Gasteiger partial charge in [-0.05, 0) is 57.9 Å². The number of alkyl carbamates (subject to hydrolysis) is 1. The molecule has 0 atom stereocenters. The molecule has 0 aliphatic rings. The number of benzene rings is 1. The molecule has 0 aliphatic heterocycles. The molecule has 114 valence electrons. The van der Waals surface area contributed by atoms with Crippen molar-refractivity contribution in [1.29, 1.82) is 0 Å². The molecular formula is C17H23NO3. The largest absolute Gasteiger partial charge is 0.497 e. The fourth-order valence-corrected chi connectivity index (χ4v) is 1.80. The number of rotatable bonds is 2. The van der Waals surface area contributed by atoms with Crippen LogP contribution in [0.25, 0.3) is 0 Å². The van der Waals surface area contributed by atoms with Crippen molar-refractivity contribution in [2.75, 3.05) is 13.7 Å². The summed E-state index contributed by atoms with van der Waals surface area (Å²) in [6.07, 6.45) is -0.458. The van der Waals surface area contributed by atoms with Gasteiger partial charge in [0.2, 0.25) is 0 Å². The number of methoxy groups -OCH3 is 1. The second-order valence-corrected chi connectivity index (χ2v) is 5.79. The van der Waals surface area contributed by atoms with Crippen molar-refractivity contribution >= 4 is 6.09 Å². The molecule has 21 heavy (non-hydrogen) atoms. The third-order valence-corrected chi connectivity index (χ3v) is 2.68. The Kier molecular flexibility index (Phi) is 5.66. The van der Waals surface area contributed by atoms with Crippen LogP contribution in [0.1, 0.15) is 37.5 Å². The minimum atomic E-state index is -0.499. The Balaban J connectivity index is 2.66. The predicted octanol–water partition coefficient (Wildman–Crippen LogP) is 3.19. The average molecular weight is 289 g/mol. The molecule has 1 aromatic rings. The fourth-order valence-electron chi connectivity index (χ4n) is 1.80. The minimum Gasteiger partial charge on any atom is -0.497 e. The van der Waals surface area contributed by atoms with E-state index >= 15 is 0 Å². The van der Waals surface area contributed by atoms with Crippen molar-refractivity contribution in [1.82, 2.24) is 5.32 Å². The van der Waals surface area contributed by atoms with Gasteiger partial charge < -0.3 is 14.8 Å². The fraction of sp³-hybridized carbons (Fsp3) is 0.471. The van der Waals surface area contributed by atoms with Crippen molar-refractivity contribution in [3.05, 3.63) is 28.8 Å². The first kappa shape index (κ1) is 16.9. The van der Waals surface area contributed by atoms with Gasteiger partial charge in [-0.2, -0.15) is 0 Å². The lowest BCUT2D eigenvalue weighted by Gasteiger charge is -2.19. The summed E-state index contributed by atoms with van der Waals surface area (Å²) < 4.78 is 10.3. The molecule has 1 amide bonds. The van der Waals surface area contributed by atoms with E-state index in [4.69, 9.17) is 9.47 Å². The Labute approximate surface area is 126 Å². The molecule has 0 spiro atoms. The molecular weight excluding hydrogens is 266 g/mol. The van der Waals surface area contributed by atoms with Gasteiger partial charge in [0.25, 0.3) is 0 Å². The minimum absolute atomic E-state index is 0.250. The zero-order valence-corrected chi connectivity index (χ0v) is 13.6. The number of hydrogen-bond donors (Lipinski definition) is 1. The highest BCUT2D eigenvalue weighted by molar-refractivity contribution is 5.68. The first-order valence-corrected chi connectivity index (χ1v) is 6.84. The predicted molar refractivity (Wildman–Crippen MR) is 83.6 cm³/mol. The second-order valence-electron chi connectivity index (χ2n) is 5.79. The van der Waals surface area contributed by atoms with E-state index in [2.05, 4.69) is 17.2 Å². The molecule has 0 saturated carbocycles. The maximum absolute atomic E-state index is 11.5. The standard InChI is InChI=1S/C17H23NO3/c1-12-10-14(20-6)11-13(2)15(12)8-7-9-18-16(19)21-17(3,4)5/h10-11H,9H2,1-6H3,(H,18,19). The number of ether oxygens (including phenoxy) is 2. The Bertz CT molecular complexity index is 551. The van der Waals surface area contributed by atoms with E-state index in [0.29, 0.717) is 0 Å². The molecule has 4 nitrogen and oxygen atoms in total. The number of aryl methyl sites for hydroxylation is 2. The van der Waals surface area contributed by atoms with Gasteiger partial charge >= 0.3 is 6.09 Å². The number of hydrogen-bond acceptors (Lipinski definition) is 3. The van der Waals surface area contributed by atoms with Crippen molar-refractivity contribution in [2.24, 2.45) is 0 Å². The quantitative estimate of drug-likeness (QED) is 0.851. The SMILES string of the molecule is COc1cc(C)c(C#CCNC(=O)OC(C)(C)C)c(C)c1. The second kappa shape index (κ2) is 7.03. The summed E-state index contributed by atoms with van der Waals surface area (Å²) in [6, 6.07) is 3.89. The highest BCUT2D eigenvalue weighted by atomic mass is 16.6. The summed E-state index contributed by atoms with van der Waals surface area (Å²) in [6.45, 7) is 9.69. The van der Waals surface area contributed by atoms with Gasteiger partial charge in [-0.1, -0.05) is 11.8 Å². The zero-order valence-electron chi connectivity index (χ0n) is 13.6. The van der Waals surface area contributed by atoms with Crippen molar-refractivity contribution in [3.8, 4) is 17.6 Å². The smallest absolute Gasteiger partial charge is 0.408 e. The Morgan fingerprint density at radius 3 is 2.29 bits per heavy atom. The molecule has 0 aliphatic carbocycles. The molecule has 0 fully saturated rings. The normalized spacial score (nSPS) is 10.4. The van der Waals surface area contributed by atoms with E-state index in [1.807, 2.05) is 46.8 Å². The topological polar surface area (TPSA) is 47.6 Å². The highest BCUT2D eigenvalue weighted by Crippen LogP contribution is 2.20. The Hall–Kier alpha value is -2.15. The number of nitrogens with one attached hydrogen (secondary N) is 1. The number of carbonyl (C=O) groups excluding carboxylic acids is 1. The van der Waals surface area contributed by atoms with E-state index < -0.39 is 11.7 Å². The lowest BCUT2D eigenvalue weighted by Crippen LogP contribution is -2.32. The molecule has 0 radical (unpaired) electrons. The van der Waals surface area contributed by atoms with Gasteiger partial charge in [0.1, 0.15) is 11.4 Å². The van der Waals surface area contributed by atoms with Crippen LogP contribution in [0.4, 0.5) is 4.79 Å². The van der Waals surface area contributed by atoms with Crippen LogP contribution in [0, 0.1) is 25.7 Å². The lowest BCUT2D eigenvalue weighted by atomic mass is 10.0. The van der Waals surface area contributed by atoms with Crippen molar-refractivity contribution in [3.63, 3.8) is 0 Å². The van der Waals surface area contributed by atoms with E-state index in [0.717, 1.165) is 22.4 Å². The van der Waals surface area contributed by atoms with Gasteiger partial charge in [-0.15, -0.1) is 0 Å². The molecule has 0 unspecified atom stereocenters. The van der Waals surface area contributed by atoms with Crippen molar-refractivity contribution < 1.29 is 14.3 Å². The van der Waals surface area contributed by atoms with Gasteiger partial charge in [-0.25, -0.2) is 4.79 Å². The van der Waals surface area contributed by atoms with E-state index in [9.17, 15) is 4.79 Å².